The average molecular weight is 653 g/mol. The Bertz CT molecular complexity index is 1560. The van der Waals surface area contributed by atoms with Gasteiger partial charge < -0.3 is 15.5 Å². The lowest BCUT2D eigenvalue weighted by Gasteiger charge is -2.43. The van der Waals surface area contributed by atoms with E-state index in [0.717, 1.165) is 27.8 Å². The van der Waals surface area contributed by atoms with Gasteiger partial charge in [-0.05, 0) is 78.3 Å². The number of pyridine rings is 1. The molecule has 7 nitrogen and oxygen atoms in total. The number of likely N-dealkylation sites (tertiary alicyclic amines) is 1. The third-order valence-electron chi connectivity index (χ3n) is 8.56. The highest BCUT2D eigenvalue weighted by atomic mass is 127. The number of amides is 3. The molecule has 0 saturated carbocycles. The Kier molecular flexibility index (Phi) is 6.67. The summed E-state index contributed by atoms with van der Waals surface area (Å²) in [6, 6.07) is 14.0. The van der Waals surface area contributed by atoms with Crippen molar-refractivity contribution >= 4 is 51.8 Å². The van der Waals surface area contributed by atoms with Crippen LogP contribution in [0.15, 0.2) is 54.7 Å². The second kappa shape index (κ2) is 9.94. The lowest BCUT2D eigenvalue weighted by Crippen LogP contribution is -2.50. The van der Waals surface area contributed by atoms with Gasteiger partial charge in [-0.3, -0.25) is 14.4 Å². The Hall–Kier alpha value is -3.34. The largest absolute Gasteiger partial charge is 0.326 e. The first-order chi connectivity index (χ1) is 19.1. The van der Waals surface area contributed by atoms with E-state index in [1.54, 1.807) is 11.1 Å². The van der Waals surface area contributed by atoms with E-state index in [-0.39, 0.29) is 36.1 Å². The van der Waals surface area contributed by atoms with E-state index >= 15 is 0 Å². The number of anilines is 2. The van der Waals surface area contributed by atoms with E-state index in [4.69, 9.17) is 0 Å². The third-order valence-corrected chi connectivity index (χ3v) is 9.44. The van der Waals surface area contributed by atoms with Crippen LogP contribution in [0.1, 0.15) is 60.5 Å². The van der Waals surface area contributed by atoms with Crippen molar-refractivity contribution in [2.45, 2.75) is 55.4 Å². The third kappa shape index (κ3) is 4.57. The maximum absolute atomic E-state index is 14.4. The average Bonchev–Trinajstić information content (AvgIpc) is 3.43. The van der Waals surface area contributed by atoms with E-state index in [0.29, 0.717) is 41.6 Å². The minimum atomic E-state index is -0.685. The molecular formula is C31H30FIN4O3. The van der Waals surface area contributed by atoms with E-state index in [1.165, 1.54) is 12.1 Å². The second-order valence-corrected chi connectivity index (χ2v) is 12.5. The van der Waals surface area contributed by atoms with Crippen molar-refractivity contribution in [1.82, 2.24) is 9.88 Å². The minimum Gasteiger partial charge on any atom is -0.326 e. The van der Waals surface area contributed by atoms with Gasteiger partial charge >= 0.3 is 0 Å². The zero-order valence-corrected chi connectivity index (χ0v) is 24.5. The molecule has 206 valence electrons. The summed E-state index contributed by atoms with van der Waals surface area (Å²) in [6.45, 7) is 3.65. The van der Waals surface area contributed by atoms with Crippen LogP contribution in [0.25, 0.3) is 0 Å². The molecule has 3 aromatic rings. The molecule has 1 saturated heterocycles. The Balaban J connectivity index is 1.22. The van der Waals surface area contributed by atoms with Crippen LogP contribution in [-0.2, 0) is 37.1 Å². The van der Waals surface area contributed by atoms with E-state index in [9.17, 15) is 18.8 Å². The van der Waals surface area contributed by atoms with Gasteiger partial charge in [0, 0.05) is 27.3 Å². The first kappa shape index (κ1) is 26.9. The summed E-state index contributed by atoms with van der Waals surface area (Å²) in [5, 5.41) is 5.88. The Morgan fingerprint density at radius 3 is 2.75 bits per heavy atom. The zero-order valence-electron chi connectivity index (χ0n) is 22.4. The Labute approximate surface area is 246 Å². The van der Waals surface area contributed by atoms with Crippen LogP contribution in [0.2, 0.25) is 0 Å². The summed E-state index contributed by atoms with van der Waals surface area (Å²) in [7, 11) is 0. The van der Waals surface area contributed by atoms with Crippen molar-refractivity contribution in [2.24, 2.45) is 5.41 Å². The van der Waals surface area contributed by atoms with Crippen molar-refractivity contribution in [2.75, 3.05) is 17.2 Å². The molecule has 0 bridgehead atoms. The van der Waals surface area contributed by atoms with Crippen LogP contribution in [-0.4, -0.2) is 34.2 Å². The van der Waals surface area contributed by atoms with Crippen LogP contribution in [0, 0.1) is 11.2 Å². The SMILES string of the molecule is CC1(C)CCC(c2cc(F)cc(CI)c2)N(CC(=O)Nc2ccc3c(c2)CC2(C3)C(=O)Nc3ncccc32)C1=O. The van der Waals surface area contributed by atoms with Gasteiger partial charge in [-0.15, -0.1) is 0 Å². The van der Waals surface area contributed by atoms with Crippen LogP contribution in [0.4, 0.5) is 15.9 Å². The predicted molar refractivity (Wildman–Crippen MR) is 159 cm³/mol. The molecule has 0 radical (unpaired) electrons. The summed E-state index contributed by atoms with van der Waals surface area (Å²) in [5.41, 5.74) is 3.86. The van der Waals surface area contributed by atoms with Crippen LogP contribution in [0.5, 0.6) is 0 Å². The van der Waals surface area contributed by atoms with Gasteiger partial charge in [0.05, 0.1) is 11.5 Å². The van der Waals surface area contributed by atoms with Crippen LogP contribution in [0.3, 0.4) is 0 Å². The number of nitrogens with zero attached hydrogens (tertiary/aromatic N) is 2. The second-order valence-electron chi connectivity index (χ2n) is 11.7. The van der Waals surface area contributed by atoms with Crippen LogP contribution < -0.4 is 10.6 Å². The van der Waals surface area contributed by atoms with E-state index in [1.807, 2.05) is 50.2 Å². The maximum Gasteiger partial charge on any atom is 0.244 e. The topological polar surface area (TPSA) is 91.4 Å². The number of hydrogen-bond donors (Lipinski definition) is 2. The number of piperidine rings is 1. The molecule has 1 fully saturated rings. The van der Waals surface area contributed by atoms with Crippen LogP contribution >= 0.6 is 22.6 Å². The number of benzene rings is 2. The van der Waals surface area contributed by atoms with Gasteiger partial charge in [-0.25, -0.2) is 9.37 Å². The molecule has 3 aliphatic rings. The molecule has 6 rings (SSSR count). The highest BCUT2D eigenvalue weighted by molar-refractivity contribution is 14.1. The van der Waals surface area contributed by atoms with Crippen molar-refractivity contribution in [3.8, 4) is 0 Å². The molecule has 1 spiro atoms. The highest BCUT2D eigenvalue weighted by Crippen LogP contribution is 2.47. The fourth-order valence-corrected chi connectivity index (χ4v) is 6.90. The van der Waals surface area contributed by atoms with Gasteiger partial charge in [0.25, 0.3) is 0 Å². The summed E-state index contributed by atoms with van der Waals surface area (Å²) in [4.78, 5) is 45.7. The molecule has 1 aromatic heterocycles. The monoisotopic (exact) mass is 652 g/mol. The number of aromatic nitrogens is 1. The summed E-state index contributed by atoms with van der Waals surface area (Å²) < 4.78 is 15.1. The van der Waals surface area contributed by atoms with Crippen molar-refractivity contribution < 1.29 is 18.8 Å². The lowest BCUT2D eigenvalue weighted by molar-refractivity contribution is -0.150. The normalized spacial score (nSPS) is 22.7. The number of fused-ring (bicyclic) bond motifs is 3. The minimum absolute atomic E-state index is 0.0525. The smallest absolute Gasteiger partial charge is 0.244 e. The molecule has 40 heavy (non-hydrogen) atoms. The highest BCUT2D eigenvalue weighted by Gasteiger charge is 2.51. The number of alkyl halides is 1. The summed E-state index contributed by atoms with van der Waals surface area (Å²) >= 11 is 2.19. The van der Waals surface area contributed by atoms with Gasteiger partial charge in [-0.2, -0.15) is 0 Å². The number of hydrogen-bond acceptors (Lipinski definition) is 4. The molecule has 1 aliphatic carbocycles. The Morgan fingerprint density at radius 2 is 1.95 bits per heavy atom. The predicted octanol–water partition coefficient (Wildman–Crippen LogP) is 5.47. The number of rotatable bonds is 5. The fraction of sp³-hybridized carbons (Fsp3) is 0.355. The molecule has 2 unspecified atom stereocenters. The summed E-state index contributed by atoms with van der Waals surface area (Å²) in [5.74, 6) is -0.210. The molecule has 3 amide bonds. The first-order valence-corrected chi connectivity index (χ1v) is 15.0. The summed E-state index contributed by atoms with van der Waals surface area (Å²) in [6.07, 6.45) is 4.07. The van der Waals surface area contributed by atoms with Gasteiger partial charge in [0.1, 0.15) is 18.2 Å². The fourth-order valence-electron chi connectivity index (χ4n) is 6.46. The van der Waals surface area contributed by atoms with Gasteiger partial charge in [0.2, 0.25) is 17.7 Å². The Morgan fingerprint density at radius 1 is 1.15 bits per heavy atom. The van der Waals surface area contributed by atoms with Gasteiger partial charge in [0.15, 0.2) is 0 Å². The van der Waals surface area contributed by atoms with Crippen molar-refractivity contribution in [3.63, 3.8) is 0 Å². The quantitative estimate of drug-likeness (QED) is 0.283. The maximum atomic E-state index is 14.4. The molecule has 3 heterocycles. The first-order valence-electron chi connectivity index (χ1n) is 13.4. The number of carbonyl (C=O) groups excluding carboxylic acids is 3. The zero-order chi connectivity index (χ0) is 28.2. The molecule has 2 aromatic carbocycles. The molecular weight excluding hydrogens is 622 g/mol. The molecule has 2 aliphatic heterocycles. The van der Waals surface area contributed by atoms with Gasteiger partial charge in [-0.1, -0.05) is 54.6 Å². The molecule has 2 N–H and O–H groups in total. The number of carbonyl (C=O) groups is 3. The number of nitrogens with one attached hydrogen (secondary N) is 2. The lowest BCUT2D eigenvalue weighted by atomic mass is 9.78. The molecule has 2 atom stereocenters. The standard InChI is InChI=1S/C31H30FIN4O3/c1-30(2)8-7-25(20-10-18(16-33)11-22(32)12-20)37(29(30)40)17-26(38)35-23-6-5-19-14-31(15-21(19)13-23)24-4-3-9-34-27(24)36-28(31)39/h3-6,9-13,25H,7-8,14-17H2,1-2H3,(H,35,38)(H,34,36,39). The molecule has 9 heteroatoms. The number of halogens is 2. The van der Waals surface area contributed by atoms with Crippen molar-refractivity contribution in [3.05, 3.63) is 88.4 Å². The van der Waals surface area contributed by atoms with E-state index < -0.39 is 10.8 Å². The van der Waals surface area contributed by atoms with Crippen molar-refractivity contribution in [1.29, 1.82) is 0 Å². The van der Waals surface area contributed by atoms with E-state index in [2.05, 4.69) is 38.2 Å².